The minimum absolute atomic E-state index is 0.0582. The number of carbonyl (C=O) groups is 1. The summed E-state index contributed by atoms with van der Waals surface area (Å²) in [5, 5.41) is 20.4. The van der Waals surface area contributed by atoms with Gasteiger partial charge in [0.1, 0.15) is 11.4 Å². The van der Waals surface area contributed by atoms with Crippen molar-refractivity contribution < 1.29 is 19.4 Å². The van der Waals surface area contributed by atoms with Gasteiger partial charge in [-0.3, -0.25) is 9.89 Å². The minimum atomic E-state index is -0.458. The monoisotopic (exact) mass is 428 g/mol. The molecule has 27 heavy (non-hydrogen) atoms. The fraction of sp³-hybridized carbons (Fsp3) is 0.0556. The number of carbonyl (C=O) groups excluding carboxylic acids is 1. The highest BCUT2D eigenvalue weighted by molar-refractivity contribution is 9.10. The number of H-pyrrole nitrogens is 1. The third-order valence-corrected chi connectivity index (χ3v) is 4.34. The fourth-order valence-electron chi connectivity index (χ4n) is 2.49. The Balaban J connectivity index is 1.46. The van der Waals surface area contributed by atoms with E-state index in [1.54, 1.807) is 30.3 Å². The van der Waals surface area contributed by atoms with E-state index in [2.05, 4.69) is 36.7 Å². The third-order valence-electron chi connectivity index (χ3n) is 3.85. The molecule has 1 amide bonds. The molecule has 0 saturated carbocycles. The molecule has 0 radical (unpaired) electrons. The summed E-state index contributed by atoms with van der Waals surface area (Å²) in [4.78, 5) is 12.2. The van der Waals surface area contributed by atoms with Gasteiger partial charge in [0.25, 0.3) is 5.91 Å². The van der Waals surface area contributed by atoms with E-state index >= 15 is 0 Å². The molecular formula is C18H13BrN4O4. The summed E-state index contributed by atoms with van der Waals surface area (Å²) in [7, 11) is 0. The zero-order chi connectivity index (χ0) is 18.8. The molecule has 0 atom stereocenters. The van der Waals surface area contributed by atoms with Crippen LogP contribution in [0.2, 0.25) is 0 Å². The van der Waals surface area contributed by atoms with Crippen LogP contribution in [0.15, 0.2) is 52.0 Å². The number of aromatic nitrogens is 2. The van der Waals surface area contributed by atoms with Gasteiger partial charge in [0, 0.05) is 15.6 Å². The number of nitrogens with zero attached hydrogens (tertiary/aromatic N) is 2. The average Bonchev–Trinajstić information content (AvgIpc) is 3.33. The largest absolute Gasteiger partial charge is 0.507 e. The van der Waals surface area contributed by atoms with E-state index in [0.717, 1.165) is 10.0 Å². The van der Waals surface area contributed by atoms with Gasteiger partial charge < -0.3 is 14.6 Å². The molecule has 0 bridgehead atoms. The van der Waals surface area contributed by atoms with Gasteiger partial charge in [-0.2, -0.15) is 10.2 Å². The lowest BCUT2D eigenvalue weighted by Gasteiger charge is -2.00. The number of halogens is 1. The number of nitrogens with one attached hydrogen (secondary N) is 2. The molecule has 8 nitrogen and oxygen atoms in total. The number of aromatic hydroxyl groups is 1. The lowest BCUT2D eigenvalue weighted by atomic mass is 10.1. The van der Waals surface area contributed by atoms with Crippen molar-refractivity contribution in [2.75, 3.05) is 6.79 Å². The van der Waals surface area contributed by atoms with Crippen molar-refractivity contribution in [1.82, 2.24) is 15.6 Å². The first-order valence-corrected chi connectivity index (χ1v) is 8.67. The van der Waals surface area contributed by atoms with E-state index in [-0.39, 0.29) is 18.2 Å². The lowest BCUT2D eigenvalue weighted by molar-refractivity contribution is 0.0950. The molecule has 9 heteroatoms. The molecule has 3 aromatic rings. The highest BCUT2D eigenvalue weighted by Crippen LogP contribution is 2.35. The molecule has 2 heterocycles. The van der Waals surface area contributed by atoms with Crippen LogP contribution >= 0.6 is 15.9 Å². The van der Waals surface area contributed by atoms with E-state index in [9.17, 15) is 9.90 Å². The van der Waals surface area contributed by atoms with E-state index < -0.39 is 5.91 Å². The van der Waals surface area contributed by atoms with Gasteiger partial charge in [-0.1, -0.05) is 15.9 Å². The van der Waals surface area contributed by atoms with Crippen LogP contribution < -0.4 is 14.9 Å². The maximum absolute atomic E-state index is 12.2. The molecule has 0 saturated heterocycles. The van der Waals surface area contributed by atoms with Crippen LogP contribution in [0.3, 0.4) is 0 Å². The van der Waals surface area contributed by atoms with Gasteiger partial charge in [0.05, 0.1) is 11.9 Å². The van der Waals surface area contributed by atoms with Gasteiger partial charge >= 0.3 is 0 Å². The summed E-state index contributed by atoms with van der Waals surface area (Å²) >= 11 is 3.31. The molecule has 1 aliphatic heterocycles. The lowest BCUT2D eigenvalue weighted by Crippen LogP contribution is -2.18. The maximum atomic E-state index is 12.2. The predicted molar refractivity (Wildman–Crippen MR) is 101 cm³/mol. The van der Waals surface area contributed by atoms with Crippen LogP contribution in [0, 0.1) is 0 Å². The first-order valence-electron chi connectivity index (χ1n) is 7.87. The van der Waals surface area contributed by atoms with E-state index in [4.69, 9.17) is 9.47 Å². The molecule has 0 aliphatic carbocycles. The average molecular weight is 429 g/mol. The Kier molecular flexibility index (Phi) is 4.51. The van der Waals surface area contributed by atoms with Crippen molar-refractivity contribution >= 4 is 28.1 Å². The van der Waals surface area contributed by atoms with Crippen molar-refractivity contribution in [3.8, 4) is 28.5 Å². The second-order valence-corrected chi connectivity index (χ2v) is 6.55. The van der Waals surface area contributed by atoms with Crippen molar-refractivity contribution in [2.24, 2.45) is 5.10 Å². The van der Waals surface area contributed by atoms with E-state index in [0.29, 0.717) is 22.8 Å². The summed E-state index contributed by atoms with van der Waals surface area (Å²) in [6, 6.07) is 11.9. The highest BCUT2D eigenvalue weighted by atomic mass is 79.9. The number of hydrogen-bond acceptors (Lipinski definition) is 6. The minimum Gasteiger partial charge on any atom is -0.507 e. The highest BCUT2D eigenvalue weighted by Gasteiger charge is 2.16. The molecule has 2 aromatic carbocycles. The zero-order valence-electron chi connectivity index (χ0n) is 13.8. The Morgan fingerprint density at radius 3 is 2.96 bits per heavy atom. The number of hydrazone groups is 1. The van der Waals surface area contributed by atoms with Crippen molar-refractivity contribution in [3.05, 3.63) is 58.2 Å². The number of rotatable bonds is 4. The third kappa shape index (κ3) is 3.63. The Hall–Kier alpha value is -3.33. The van der Waals surface area contributed by atoms with Crippen molar-refractivity contribution in [2.45, 2.75) is 0 Å². The van der Waals surface area contributed by atoms with Crippen LogP contribution in [0.5, 0.6) is 17.2 Å². The number of phenolic OH excluding ortho intramolecular Hbond substituents is 1. The van der Waals surface area contributed by atoms with Gasteiger partial charge in [-0.05, 0) is 42.5 Å². The first-order chi connectivity index (χ1) is 13.1. The number of benzene rings is 2. The molecule has 1 aromatic heterocycles. The molecule has 4 rings (SSSR count). The molecule has 0 fully saturated rings. The number of hydrogen-bond donors (Lipinski definition) is 3. The molecule has 0 unspecified atom stereocenters. The van der Waals surface area contributed by atoms with Crippen LogP contribution in [0.25, 0.3) is 11.3 Å². The van der Waals surface area contributed by atoms with E-state index in [1.165, 1.54) is 12.3 Å². The van der Waals surface area contributed by atoms with Crippen LogP contribution in [0.1, 0.15) is 16.1 Å². The topological polar surface area (TPSA) is 109 Å². The van der Waals surface area contributed by atoms with Crippen molar-refractivity contribution in [3.63, 3.8) is 0 Å². The Labute approximate surface area is 161 Å². The quantitative estimate of drug-likeness (QED) is 0.437. The maximum Gasteiger partial charge on any atom is 0.289 e. The van der Waals surface area contributed by atoms with Gasteiger partial charge in [-0.15, -0.1) is 0 Å². The molecule has 136 valence electrons. The smallest absolute Gasteiger partial charge is 0.289 e. The summed E-state index contributed by atoms with van der Waals surface area (Å²) in [5.41, 5.74) is 4.48. The molecule has 1 aliphatic rings. The van der Waals surface area contributed by atoms with Crippen LogP contribution in [-0.4, -0.2) is 34.2 Å². The van der Waals surface area contributed by atoms with E-state index in [1.807, 2.05) is 6.07 Å². The van der Waals surface area contributed by atoms with Gasteiger partial charge in [-0.25, -0.2) is 5.43 Å². The predicted octanol–water partition coefficient (Wildman–Crippen LogP) is 3.04. The Morgan fingerprint density at radius 1 is 1.22 bits per heavy atom. The summed E-state index contributed by atoms with van der Waals surface area (Å²) in [6.07, 6.45) is 1.35. The Bertz CT molecular complexity index is 1050. The second-order valence-electron chi connectivity index (χ2n) is 5.64. The number of amides is 1. The second kappa shape index (κ2) is 7.12. The van der Waals surface area contributed by atoms with Crippen LogP contribution in [-0.2, 0) is 0 Å². The number of aromatic amines is 1. The first kappa shape index (κ1) is 17.1. The van der Waals surface area contributed by atoms with Gasteiger partial charge in [0.15, 0.2) is 11.5 Å². The SMILES string of the molecule is O=C(N/N=C/c1cc(Br)ccc1O)c1cc(-c2ccc3c(c2)OCO3)n[nH]1. The number of phenols is 1. The summed E-state index contributed by atoms with van der Waals surface area (Å²) < 4.78 is 11.4. The Morgan fingerprint density at radius 2 is 2.07 bits per heavy atom. The van der Waals surface area contributed by atoms with Crippen molar-refractivity contribution in [1.29, 1.82) is 0 Å². The summed E-state index contributed by atoms with van der Waals surface area (Å²) in [6.45, 7) is 0.193. The molecule has 3 N–H and O–H groups in total. The zero-order valence-corrected chi connectivity index (χ0v) is 15.4. The van der Waals surface area contributed by atoms with Crippen LogP contribution in [0.4, 0.5) is 0 Å². The fourth-order valence-corrected chi connectivity index (χ4v) is 2.87. The standard InChI is InChI=1S/C18H13BrN4O4/c19-12-2-3-15(24)11(5-12)8-20-23-18(25)14-7-13(21-22-14)10-1-4-16-17(6-10)27-9-26-16/h1-8,24H,9H2,(H,21,22)(H,23,25)/b20-8+. The number of fused-ring (bicyclic) bond motifs is 1. The normalized spacial score (nSPS) is 12.5. The summed E-state index contributed by atoms with van der Waals surface area (Å²) in [5.74, 6) is 0.917. The van der Waals surface area contributed by atoms with Gasteiger partial charge in [0.2, 0.25) is 6.79 Å². The molecular weight excluding hydrogens is 416 g/mol. The molecule has 0 spiro atoms. The number of ether oxygens (including phenoxy) is 2.